The van der Waals surface area contributed by atoms with E-state index in [0.29, 0.717) is 5.88 Å². The van der Waals surface area contributed by atoms with E-state index in [1.54, 1.807) is 0 Å². The molecule has 0 unspecified atom stereocenters. The number of halogens is 1. The molecule has 0 aliphatic heterocycles. The quantitative estimate of drug-likeness (QED) is 0.552. The molecule has 0 aromatic carbocycles. The Hall–Kier alpha value is -0.940. The second-order valence-corrected chi connectivity index (χ2v) is 3.38. The highest BCUT2D eigenvalue weighted by Crippen LogP contribution is 1.99. The highest BCUT2D eigenvalue weighted by molar-refractivity contribution is 6.18. The van der Waals surface area contributed by atoms with Crippen LogP contribution in [0.1, 0.15) is 25.6 Å². The molecule has 1 rings (SSSR count). The zero-order valence-electron chi connectivity index (χ0n) is 8.46. The molecule has 0 amide bonds. The molecule has 0 aliphatic rings. The van der Waals surface area contributed by atoms with Crippen molar-refractivity contribution in [3.63, 3.8) is 0 Å². The van der Waals surface area contributed by atoms with E-state index < -0.39 is 0 Å². The number of imidazole rings is 1. The highest BCUT2D eigenvalue weighted by Gasteiger charge is 1.98. The molecule has 0 radical (unpaired) electrons. The van der Waals surface area contributed by atoms with Crippen LogP contribution in [0.3, 0.4) is 0 Å². The Kier molecular flexibility index (Phi) is 5.17. The Balaban J connectivity index is 2.50. The second kappa shape index (κ2) is 6.50. The fraction of sp³-hybridized carbons (Fsp3) is 0.545. The van der Waals surface area contributed by atoms with Gasteiger partial charge >= 0.3 is 0 Å². The SMILES string of the molecule is CCCn1ccnc1CC#CCCCl. The van der Waals surface area contributed by atoms with Crippen molar-refractivity contribution in [2.45, 2.75) is 32.7 Å². The Morgan fingerprint density at radius 3 is 3.07 bits per heavy atom. The summed E-state index contributed by atoms with van der Waals surface area (Å²) in [6.45, 7) is 3.18. The molecule has 1 aromatic heterocycles. The van der Waals surface area contributed by atoms with E-state index in [0.717, 1.165) is 31.6 Å². The minimum absolute atomic E-state index is 0.608. The lowest BCUT2D eigenvalue weighted by molar-refractivity contribution is 0.650. The summed E-state index contributed by atoms with van der Waals surface area (Å²) in [5.74, 6) is 7.73. The van der Waals surface area contributed by atoms with E-state index in [4.69, 9.17) is 11.6 Å². The van der Waals surface area contributed by atoms with Gasteiger partial charge in [0.2, 0.25) is 0 Å². The molecule has 0 N–H and O–H groups in total. The van der Waals surface area contributed by atoms with Crippen LogP contribution in [0.25, 0.3) is 0 Å². The summed E-state index contributed by atoms with van der Waals surface area (Å²) in [6, 6.07) is 0. The van der Waals surface area contributed by atoms with Gasteiger partial charge in [0.05, 0.1) is 6.42 Å². The average molecular weight is 211 g/mol. The van der Waals surface area contributed by atoms with Gasteiger partial charge < -0.3 is 4.57 Å². The first-order chi connectivity index (χ1) is 6.88. The third-order valence-corrected chi connectivity index (χ3v) is 2.05. The van der Waals surface area contributed by atoms with E-state index in [-0.39, 0.29) is 0 Å². The Labute approximate surface area is 90.3 Å². The Morgan fingerprint density at radius 2 is 2.36 bits per heavy atom. The van der Waals surface area contributed by atoms with Crippen LogP contribution in [0.2, 0.25) is 0 Å². The van der Waals surface area contributed by atoms with Crippen molar-refractivity contribution in [3.05, 3.63) is 18.2 Å². The van der Waals surface area contributed by atoms with Gasteiger partial charge in [0, 0.05) is 31.2 Å². The molecule has 1 aromatic rings. The van der Waals surface area contributed by atoms with Crippen LogP contribution in [0, 0.1) is 11.8 Å². The number of aryl methyl sites for hydroxylation is 1. The maximum absolute atomic E-state index is 5.52. The van der Waals surface area contributed by atoms with Crippen molar-refractivity contribution in [1.29, 1.82) is 0 Å². The van der Waals surface area contributed by atoms with Crippen LogP contribution >= 0.6 is 11.6 Å². The molecule has 1 heterocycles. The fourth-order valence-electron chi connectivity index (χ4n) is 1.23. The van der Waals surface area contributed by atoms with Gasteiger partial charge in [-0.1, -0.05) is 12.8 Å². The molecule has 0 saturated heterocycles. The lowest BCUT2D eigenvalue weighted by Gasteiger charge is -2.01. The summed E-state index contributed by atoms with van der Waals surface area (Å²) in [6.07, 6.45) is 6.44. The number of aromatic nitrogens is 2. The maximum atomic E-state index is 5.52. The van der Waals surface area contributed by atoms with Crippen LogP contribution in [0.4, 0.5) is 0 Å². The number of hydrogen-bond donors (Lipinski definition) is 0. The first-order valence-electron chi connectivity index (χ1n) is 4.90. The van der Waals surface area contributed by atoms with Crippen molar-refractivity contribution < 1.29 is 0 Å². The maximum Gasteiger partial charge on any atom is 0.120 e. The van der Waals surface area contributed by atoms with Crippen molar-refractivity contribution in [2.75, 3.05) is 5.88 Å². The minimum Gasteiger partial charge on any atom is -0.334 e. The molecule has 0 atom stereocenters. The molecule has 0 spiro atoms. The second-order valence-electron chi connectivity index (χ2n) is 3.01. The van der Waals surface area contributed by atoms with Crippen LogP contribution in [0.5, 0.6) is 0 Å². The normalized spacial score (nSPS) is 9.57. The predicted molar refractivity (Wildman–Crippen MR) is 59.3 cm³/mol. The van der Waals surface area contributed by atoms with Crippen molar-refractivity contribution in [1.82, 2.24) is 9.55 Å². The highest BCUT2D eigenvalue weighted by atomic mass is 35.5. The molecular weight excluding hydrogens is 196 g/mol. The lowest BCUT2D eigenvalue weighted by Crippen LogP contribution is -2.01. The van der Waals surface area contributed by atoms with Crippen LogP contribution < -0.4 is 0 Å². The molecule has 3 heteroatoms. The number of hydrogen-bond acceptors (Lipinski definition) is 1. The summed E-state index contributed by atoms with van der Waals surface area (Å²) in [7, 11) is 0. The summed E-state index contributed by atoms with van der Waals surface area (Å²) < 4.78 is 2.15. The standard InChI is InChI=1S/C11H15ClN2/c1-2-9-14-10-8-13-11(14)6-4-3-5-7-12/h8,10H,2,5-7,9H2,1H3. The molecule has 0 fully saturated rings. The number of nitrogens with zero attached hydrogens (tertiary/aromatic N) is 2. The van der Waals surface area contributed by atoms with Gasteiger partial charge in [-0.25, -0.2) is 4.98 Å². The third kappa shape index (κ3) is 3.43. The summed E-state index contributed by atoms with van der Waals surface area (Å²) in [5, 5.41) is 0. The molecule has 2 nitrogen and oxygen atoms in total. The Bertz CT molecular complexity index is 320. The first kappa shape index (κ1) is 11.1. The van der Waals surface area contributed by atoms with Gasteiger partial charge in [0.15, 0.2) is 0 Å². The van der Waals surface area contributed by atoms with Crippen molar-refractivity contribution in [2.24, 2.45) is 0 Å². The monoisotopic (exact) mass is 210 g/mol. The van der Waals surface area contributed by atoms with Crippen LogP contribution in [0.15, 0.2) is 12.4 Å². The number of rotatable bonds is 4. The summed E-state index contributed by atoms with van der Waals surface area (Å²) in [4.78, 5) is 4.26. The summed E-state index contributed by atoms with van der Waals surface area (Å²) >= 11 is 5.52. The average Bonchev–Trinajstić information content (AvgIpc) is 2.61. The minimum atomic E-state index is 0.608. The lowest BCUT2D eigenvalue weighted by atomic mass is 10.3. The van der Waals surface area contributed by atoms with E-state index in [1.165, 1.54) is 0 Å². The zero-order chi connectivity index (χ0) is 10.2. The third-order valence-electron chi connectivity index (χ3n) is 1.86. The van der Waals surface area contributed by atoms with Gasteiger partial charge in [0.1, 0.15) is 5.82 Å². The largest absolute Gasteiger partial charge is 0.334 e. The fourth-order valence-corrected chi connectivity index (χ4v) is 1.32. The summed E-state index contributed by atoms with van der Waals surface area (Å²) in [5.41, 5.74) is 0. The smallest absolute Gasteiger partial charge is 0.120 e. The predicted octanol–water partition coefficient (Wildman–Crippen LogP) is 2.47. The van der Waals surface area contributed by atoms with Gasteiger partial charge in [0.25, 0.3) is 0 Å². The van der Waals surface area contributed by atoms with Crippen LogP contribution in [-0.4, -0.2) is 15.4 Å². The molecule has 0 bridgehead atoms. The Morgan fingerprint density at radius 1 is 1.50 bits per heavy atom. The van der Waals surface area contributed by atoms with E-state index in [1.807, 2.05) is 12.4 Å². The van der Waals surface area contributed by atoms with E-state index >= 15 is 0 Å². The topological polar surface area (TPSA) is 17.8 Å². The van der Waals surface area contributed by atoms with Crippen LogP contribution in [-0.2, 0) is 13.0 Å². The number of alkyl halides is 1. The van der Waals surface area contributed by atoms with Gasteiger partial charge in [-0.3, -0.25) is 0 Å². The molecular formula is C11H15ClN2. The molecule has 76 valence electrons. The van der Waals surface area contributed by atoms with E-state index in [9.17, 15) is 0 Å². The van der Waals surface area contributed by atoms with Gasteiger partial charge in [-0.05, 0) is 6.42 Å². The van der Waals surface area contributed by atoms with Crippen molar-refractivity contribution in [3.8, 4) is 11.8 Å². The van der Waals surface area contributed by atoms with Gasteiger partial charge in [-0.15, -0.1) is 17.5 Å². The zero-order valence-corrected chi connectivity index (χ0v) is 9.22. The van der Waals surface area contributed by atoms with Gasteiger partial charge in [-0.2, -0.15) is 0 Å². The van der Waals surface area contributed by atoms with Crippen molar-refractivity contribution >= 4 is 11.6 Å². The molecule has 0 aliphatic carbocycles. The molecule has 0 saturated carbocycles. The van der Waals surface area contributed by atoms with E-state index in [2.05, 4.69) is 28.3 Å². The molecule has 14 heavy (non-hydrogen) atoms. The first-order valence-corrected chi connectivity index (χ1v) is 5.43.